The van der Waals surface area contributed by atoms with Crippen molar-refractivity contribution in [2.24, 2.45) is 0 Å². The van der Waals surface area contributed by atoms with Crippen LogP contribution in [0.3, 0.4) is 0 Å². The van der Waals surface area contributed by atoms with Gasteiger partial charge in [0.05, 0.1) is 25.4 Å². The van der Waals surface area contributed by atoms with E-state index in [2.05, 4.69) is 55.6 Å². The maximum atomic E-state index is 12.5. The maximum absolute atomic E-state index is 12.5. The molecule has 1 amide bonds. The molecule has 2 atom stereocenters. The summed E-state index contributed by atoms with van der Waals surface area (Å²) in [6.07, 6.45) is 89.1. The molecule has 0 aliphatic rings. The van der Waals surface area contributed by atoms with Gasteiger partial charge in [-0.3, -0.25) is 9.59 Å². The van der Waals surface area contributed by atoms with E-state index in [-0.39, 0.29) is 18.5 Å². The Morgan fingerprint density at radius 1 is 0.350 bits per heavy atom. The lowest BCUT2D eigenvalue weighted by molar-refractivity contribution is -0.143. The fraction of sp³-hybridized carbons (Fsp3) is 0.892. The van der Waals surface area contributed by atoms with E-state index in [9.17, 15) is 19.8 Å². The summed E-state index contributed by atoms with van der Waals surface area (Å²) in [5.74, 6) is -0.0258. The van der Waals surface area contributed by atoms with Gasteiger partial charge in [0.1, 0.15) is 0 Å². The number of hydrogen-bond acceptors (Lipinski definition) is 5. The number of carbonyl (C=O) groups excluding carboxylic acids is 2. The standard InChI is InChI=1S/C74H141NO5/c1-3-5-7-9-11-13-15-17-19-21-22-31-35-38-42-46-50-54-58-62-66-72(77)71(70-76)75-73(78)67-63-59-55-51-47-43-39-36-32-29-27-25-23-24-26-28-30-33-37-41-45-49-53-57-61-65-69-80-74(79)68-64-60-56-52-48-44-40-34-20-18-16-14-12-10-8-6-4-2/h12,14,18,20,23,25,71-72,76-77H,3-11,13,15-17,19,21-22,24,26-70H2,1-2H3,(H,75,78)/b14-12-,20-18-,25-23-. The van der Waals surface area contributed by atoms with E-state index >= 15 is 0 Å². The molecule has 6 nitrogen and oxygen atoms in total. The predicted octanol–water partition coefficient (Wildman–Crippen LogP) is 23.5. The largest absolute Gasteiger partial charge is 0.466 e. The van der Waals surface area contributed by atoms with Gasteiger partial charge >= 0.3 is 5.97 Å². The number of unbranched alkanes of at least 4 members (excludes halogenated alkanes) is 51. The number of carbonyl (C=O) groups is 2. The lowest BCUT2D eigenvalue weighted by Crippen LogP contribution is -2.45. The lowest BCUT2D eigenvalue weighted by Gasteiger charge is -2.22. The molecule has 0 radical (unpaired) electrons. The molecule has 0 aliphatic heterocycles. The van der Waals surface area contributed by atoms with Crippen LogP contribution in [0.2, 0.25) is 0 Å². The average Bonchev–Trinajstić information content (AvgIpc) is 3.46. The normalized spacial score (nSPS) is 12.7. The van der Waals surface area contributed by atoms with E-state index in [4.69, 9.17) is 4.74 Å². The van der Waals surface area contributed by atoms with Gasteiger partial charge in [0.2, 0.25) is 5.91 Å². The highest BCUT2D eigenvalue weighted by molar-refractivity contribution is 5.76. The fourth-order valence-corrected chi connectivity index (χ4v) is 11.4. The van der Waals surface area contributed by atoms with Crippen molar-refractivity contribution < 1.29 is 24.5 Å². The molecule has 6 heteroatoms. The summed E-state index contributed by atoms with van der Waals surface area (Å²) >= 11 is 0. The Labute approximate surface area is 500 Å². The second kappa shape index (κ2) is 69.6. The van der Waals surface area contributed by atoms with Gasteiger partial charge in [-0.05, 0) is 83.5 Å². The number of hydrogen-bond donors (Lipinski definition) is 3. The lowest BCUT2D eigenvalue weighted by atomic mass is 10.0. The van der Waals surface area contributed by atoms with Crippen molar-refractivity contribution in [2.45, 2.75) is 411 Å². The zero-order valence-corrected chi connectivity index (χ0v) is 54.1. The Bertz CT molecular complexity index is 1300. The van der Waals surface area contributed by atoms with Gasteiger partial charge < -0.3 is 20.3 Å². The van der Waals surface area contributed by atoms with Crippen LogP contribution in [0.5, 0.6) is 0 Å². The van der Waals surface area contributed by atoms with Crippen molar-refractivity contribution in [1.82, 2.24) is 5.32 Å². The van der Waals surface area contributed by atoms with Crippen molar-refractivity contribution in [3.8, 4) is 0 Å². The molecular weight excluding hydrogens is 983 g/mol. The maximum Gasteiger partial charge on any atom is 0.305 e. The molecule has 0 heterocycles. The number of allylic oxidation sites excluding steroid dienone is 6. The van der Waals surface area contributed by atoms with Crippen LogP contribution in [0.25, 0.3) is 0 Å². The molecule has 0 aromatic carbocycles. The summed E-state index contributed by atoms with van der Waals surface area (Å²) in [5.41, 5.74) is 0. The molecule has 0 saturated heterocycles. The van der Waals surface area contributed by atoms with Gasteiger partial charge in [-0.25, -0.2) is 0 Å². The van der Waals surface area contributed by atoms with Gasteiger partial charge in [0.25, 0.3) is 0 Å². The van der Waals surface area contributed by atoms with Crippen LogP contribution >= 0.6 is 0 Å². The summed E-state index contributed by atoms with van der Waals surface area (Å²) in [6.45, 7) is 4.96. The Morgan fingerprint density at radius 2 is 0.625 bits per heavy atom. The second-order valence-electron chi connectivity index (χ2n) is 24.9. The first kappa shape index (κ1) is 78.1. The Kier molecular flexibility index (Phi) is 67.9. The SMILES string of the molecule is CCCCC/C=C\C/C=C\CCCCCCCCCC(=O)OCCCCCCCCCCCCCC/C=C\CCCCCCCCCCCCC(=O)NC(CO)C(O)CCCCCCCCCCCCCCCCCCCCCC. The summed E-state index contributed by atoms with van der Waals surface area (Å²) in [4.78, 5) is 24.6. The Balaban J connectivity index is 3.39. The van der Waals surface area contributed by atoms with Crippen LogP contribution < -0.4 is 5.32 Å². The molecule has 0 aromatic heterocycles. The minimum Gasteiger partial charge on any atom is -0.466 e. The topological polar surface area (TPSA) is 95.9 Å². The molecular formula is C74H141NO5. The van der Waals surface area contributed by atoms with Gasteiger partial charge in [-0.1, -0.05) is 339 Å². The van der Waals surface area contributed by atoms with E-state index < -0.39 is 12.1 Å². The molecule has 0 fully saturated rings. The van der Waals surface area contributed by atoms with Crippen LogP contribution in [0.15, 0.2) is 36.5 Å². The molecule has 0 saturated carbocycles. The average molecular weight is 1120 g/mol. The predicted molar refractivity (Wildman–Crippen MR) is 352 cm³/mol. The van der Waals surface area contributed by atoms with Crippen LogP contribution in [-0.4, -0.2) is 47.4 Å². The van der Waals surface area contributed by atoms with Crippen LogP contribution in [0.1, 0.15) is 399 Å². The van der Waals surface area contributed by atoms with Crippen molar-refractivity contribution >= 4 is 11.9 Å². The van der Waals surface area contributed by atoms with Crippen LogP contribution in [0.4, 0.5) is 0 Å². The summed E-state index contributed by atoms with van der Waals surface area (Å²) < 4.78 is 5.50. The molecule has 3 N–H and O–H groups in total. The molecule has 80 heavy (non-hydrogen) atoms. The third-order valence-corrected chi connectivity index (χ3v) is 16.9. The molecule has 0 aromatic rings. The molecule has 472 valence electrons. The molecule has 0 aliphatic carbocycles. The highest BCUT2D eigenvalue weighted by atomic mass is 16.5. The zero-order valence-electron chi connectivity index (χ0n) is 54.1. The summed E-state index contributed by atoms with van der Waals surface area (Å²) in [7, 11) is 0. The second-order valence-corrected chi connectivity index (χ2v) is 24.9. The van der Waals surface area contributed by atoms with E-state index in [0.29, 0.717) is 25.9 Å². The van der Waals surface area contributed by atoms with Crippen molar-refractivity contribution in [2.75, 3.05) is 13.2 Å². The summed E-state index contributed by atoms with van der Waals surface area (Å²) in [6, 6.07) is -0.544. The Hall–Kier alpha value is -1.92. The number of aliphatic hydroxyl groups is 2. The third-order valence-electron chi connectivity index (χ3n) is 16.9. The molecule has 2 unspecified atom stereocenters. The highest BCUT2D eigenvalue weighted by Gasteiger charge is 2.20. The number of esters is 1. The fourth-order valence-electron chi connectivity index (χ4n) is 11.4. The van der Waals surface area contributed by atoms with Crippen molar-refractivity contribution in [1.29, 1.82) is 0 Å². The molecule has 0 bridgehead atoms. The minimum absolute atomic E-state index is 0.00718. The summed E-state index contributed by atoms with van der Waals surface area (Å²) in [5, 5.41) is 23.4. The first-order valence-corrected chi connectivity index (χ1v) is 36.2. The highest BCUT2D eigenvalue weighted by Crippen LogP contribution is 2.19. The molecule has 0 spiro atoms. The van der Waals surface area contributed by atoms with Crippen LogP contribution in [-0.2, 0) is 14.3 Å². The number of rotatable bonds is 68. The Morgan fingerprint density at radius 3 is 0.988 bits per heavy atom. The number of nitrogens with one attached hydrogen (secondary N) is 1. The quantitative estimate of drug-likeness (QED) is 0.0320. The van der Waals surface area contributed by atoms with Crippen molar-refractivity contribution in [3.05, 3.63) is 36.5 Å². The monoisotopic (exact) mass is 1120 g/mol. The number of amides is 1. The number of ether oxygens (including phenoxy) is 1. The van der Waals surface area contributed by atoms with E-state index in [1.54, 1.807) is 0 Å². The van der Waals surface area contributed by atoms with Gasteiger partial charge in [0.15, 0.2) is 0 Å². The first-order chi connectivity index (χ1) is 39.5. The van der Waals surface area contributed by atoms with E-state index in [0.717, 1.165) is 51.4 Å². The smallest absolute Gasteiger partial charge is 0.305 e. The minimum atomic E-state index is -0.667. The van der Waals surface area contributed by atoms with Gasteiger partial charge in [-0.15, -0.1) is 0 Å². The van der Waals surface area contributed by atoms with E-state index in [1.165, 1.54) is 315 Å². The van der Waals surface area contributed by atoms with Crippen LogP contribution in [0, 0.1) is 0 Å². The van der Waals surface area contributed by atoms with Crippen molar-refractivity contribution in [3.63, 3.8) is 0 Å². The number of aliphatic hydroxyl groups excluding tert-OH is 2. The van der Waals surface area contributed by atoms with E-state index in [1.807, 2.05) is 0 Å². The van der Waals surface area contributed by atoms with Gasteiger partial charge in [-0.2, -0.15) is 0 Å². The molecule has 0 rings (SSSR count). The third kappa shape index (κ3) is 65.2. The van der Waals surface area contributed by atoms with Gasteiger partial charge in [0, 0.05) is 12.8 Å². The first-order valence-electron chi connectivity index (χ1n) is 36.2. The zero-order chi connectivity index (χ0) is 57.8.